The summed E-state index contributed by atoms with van der Waals surface area (Å²) in [6.45, 7) is 0. The van der Waals surface area contributed by atoms with Crippen molar-refractivity contribution >= 4 is 5.69 Å². The molecule has 2 aliphatic rings. The number of fused-ring (bicyclic) bond motifs is 3. The predicted molar refractivity (Wildman–Crippen MR) is 111 cm³/mol. The van der Waals surface area contributed by atoms with E-state index >= 15 is 0 Å². The minimum atomic E-state index is -4.69. The second-order valence-electron chi connectivity index (χ2n) is 7.76. The van der Waals surface area contributed by atoms with Gasteiger partial charge in [0.2, 0.25) is 0 Å². The van der Waals surface area contributed by atoms with E-state index in [9.17, 15) is 13.2 Å². The average Bonchev–Trinajstić information content (AvgIpc) is 3.23. The number of rotatable bonds is 3. The molecule has 0 spiro atoms. The molecule has 0 bridgehead atoms. The summed E-state index contributed by atoms with van der Waals surface area (Å²) >= 11 is 0. The molecular formula is C25H20F3NO. The molecule has 30 heavy (non-hydrogen) atoms. The third kappa shape index (κ3) is 3.56. The SMILES string of the molecule is FC(F)(F)Oc1ccc2c(c1)C1C=CCC1C(c1ccc(-c3ccccc3)cc1)N2. The maximum atomic E-state index is 12.6. The molecule has 0 saturated heterocycles. The van der Waals surface area contributed by atoms with Crippen molar-refractivity contribution in [1.82, 2.24) is 0 Å². The maximum absolute atomic E-state index is 12.6. The second kappa shape index (κ2) is 7.24. The van der Waals surface area contributed by atoms with Gasteiger partial charge in [0.1, 0.15) is 5.75 Å². The Morgan fingerprint density at radius 1 is 0.867 bits per heavy atom. The summed E-state index contributed by atoms with van der Waals surface area (Å²) in [5.41, 5.74) is 5.21. The van der Waals surface area contributed by atoms with Gasteiger partial charge in [0.25, 0.3) is 0 Å². The fraction of sp³-hybridized carbons (Fsp3) is 0.200. The molecule has 0 amide bonds. The van der Waals surface area contributed by atoms with Crippen LogP contribution >= 0.6 is 0 Å². The summed E-state index contributed by atoms with van der Waals surface area (Å²) in [6.07, 6.45) is 0.415. The monoisotopic (exact) mass is 407 g/mol. The number of halogens is 3. The number of alkyl halides is 3. The molecule has 3 atom stereocenters. The molecule has 1 aliphatic heterocycles. The first-order valence-corrected chi connectivity index (χ1v) is 9.96. The molecule has 0 fully saturated rings. The van der Waals surface area contributed by atoms with Crippen molar-refractivity contribution in [3.05, 3.63) is 96.1 Å². The zero-order valence-corrected chi connectivity index (χ0v) is 16.1. The summed E-state index contributed by atoms with van der Waals surface area (Å²) in [5.74, 6) is 0.144. The minimum Gasteiger partial charge on any atom is -0.406 e. The van der Waals surface area contributed by atoms with Crippen LogP contribution < -0.4 is 10.1 Å². The molecular weight excluding hydrogens is 387 g/mol. The standard InChI is InChI=1S/C25H20F3NO/c26-25(27,28)30-19-13-14-23-22(15-19)20-7-4-8-21(20)24(29-23)18-11-9-17(10-12-18)16-5-2-1-3-6-16/h1-7,9-15,20-21,24,29H,8H2. The number of ether oxygens (including phenoxy) is 1. The topological polar surface area (TPSA) is 21.3 Å². The molecule has 1 heterocycles. The van der Waals surface area contributed by atoms with Gasteiger partial charge in [-0.1, -0.05) is 66.7 Å². The van der Waals surface area contributed by atoms with Crippen LogP contribution in [0.3, 0.4) is 0 Å². The molecule has 5 heteroatoms. The molecule has 3 aromatic carbocycles. The van der Waals surface area contributed by atoms with Crippen LogP contribution in [0.4, 0.5) is 18.9 Å². The van der Waals surface area contributed by atoms with Crippen molar-refractivity contribution in [2.45, 2.75) is 24.7 Å². The van der Waals surface area contributed by atoms with Crippen LogP contribution in [0.5, 0.6) is 5.75 Å². The molecule has 3 unspecified atom stereocenters. The van der Waals surface area contributed by atoms with Crippen LogP contribution in [0.1, 0.15) is 29.5 Å². The summed E-state index contributed by atoms with van der Waals surface area (Å²) in [7, 11) is 0. The third-order valence-corrected chi connectivity index (χ3v) is 5.94. The smallest absolute Gasteiger partial charge is 0.406 e. The van der Waals surface area contributed by atoms with Crippen molar-refractivity contribution < 1.29 is 17.9 Å². The molecule has 3 aromatic rings. The lowest BCUT2D eigenvalue weighted by Crippen LogP contribution is -2.29. The van der Waals surface area contributed by atoms with E-state index in [0.717, 1.165) is 23.2 Å². The van der Waals surface area contributed by atoms with Gasteiger partial charge in [-0.15, -0.1) is 13.2 Å². The van der Waals surface area contributed by atoms with Crippen LogP contribution in [0.25, 0.3) is 11.1 Å². The number of nitrogens with one attached hydrogen (secondary N) is 1. The Hall–Kier alpha value is -3.21. The summed E-state index contributed by atoms with van der Waals surface area (Å²) < 4.78 is 42.0. The Morgan fingerprint density at radius 2 is 1.60 bits per heavy atom. The Bertz CT molecular complexity index is 1070. The largest absolute Gasteiger partial charge is 0.573 e. The van der Waals surface area contributed by atoms with E-state index < -0.39 is 6.36 Å². The maximum Gasteiger partial charge on any atom is 0.573 e. The fourth-order valence-electron chi connectivity index (χ4n) is 4.61. The highest BCUT2D eigenvalue weighted by molar-refractivity contribution is 5.65. The van der Waals surface area contributed by atoms with Crippen molar-refractivity contribution in [3.63, 3.8) is 0 Å². The van der Waals surface area contributed by atoms with Gasteiger partial charge < -0.3 is 10.1 Å². The lowest BCUT2D eigenvalue weighted by atomic mass is 9.77. The van der Waals surface area contributed by atoms with E-state index in [0.29, 0.717) is 0 Å². The first-order chi connectivity index (χ1) is 14.5. The number of hydrogen-bond acceptors (Lipinski definition) is 2. The molecule has 0 radical (unpaired) electrons. The van der Waals surface area contributed by atoms with E-state index in [2.05, 4.69) is 58.6 Å². The zero-order valence-electron chi connectivity index (χ0n) is 16.1. The van der Waals surface area contributed by atoms with Gasteiger partial charge in [0.05, 0.1) is 6.04 Å². The molecule has 0 saturated carbocycles. The molecule has 152 valence electrons. The Labute approximate surface area is 173 Å². The predicted octanol–water partition coefficient (Wildman–Crippen LogP) is 7.08. The number of anilines is 1. The van der Waals surface area contributed by atoms with Crippen molar-refractivity contribution in [3.8, 4) is 16.9 Å². The van der Waals surface area contributed by atoms with E-state index in [1.165, 1.54) is 23.3 Å². The quantitative estimate of drug-likeness (QED) is 0.469. The molecule has 1 aliphatic carbocycles. The highest BCUT2D eigenvalue weighted by Gasteiger charge is 2.39. The summed E-state index contributed by atoms with van der Waals surface area (Å²) in [5, 5.41) is 3.56. The summed E-state index contributed by atoms with van der Waals surface area (Å²) in [4.78, 5) is 0. The van der Waals surface area contributed by atoms with Gasteiger partial charge in [-0.25, -0.2) is 0 Å². The average molecular weight is 407 g/mol. The Kier molecular flexibility index (Phi) is 4.54. The van der Waals surface area contributed by atoms with Gasteiger partial charge in [0, 0.05) is 11.6 Å². The van der Waals surface area contributed by atoms with Crippen molar-refractivity contribution in [1.29, 1.82) is 0 Å². The van der Waals surface area contributed by atoms with Crippen molar-refractivity contribution in [2.24, 2.45) is 5.92 Å². The van der Waals surface area contributed by atoms with Crippen LogP contribution in [-0.4, -0.2) is 6.36 Å². The lowest BCUT2D eigenvalue weighted by Gasteiger charge is -2.37. The lowest BCUT2D eigenvalue weighted by molar-refractivity contribution is -0.274. The second-order valence-corrected chi connectivity index (χ2v) is 7.76. The Balaban J connectivity index is 1.45. The third-order valence-electron chi connectivity index (χ3n) is 5.94. The minimum absolute atomic E-state index is 0.0665. The highest BCUT2D eigenvalue weighted by atomic mass is 19.4. The number of benzene rings is 3. The van der Waals surface area contributed by atoms with Crippen LogP contribution in [0.15, 0.2) is 84.9 Å². The highest BCUT2D eigenvalue weighted by Crippen LogP contribution is 2.50. The van der Waals surface area contributed by atoms with E-state index in [-0.39, 0.29) is 23.6 Å². The summed E-state index contributed by atoms with van der Waals surface area (Å²) in [6, 6.07) is 23.4. The first-order valence-electron chi connectivity index (χ1n) is 9.96. The van der Waals surface area contributed by atoms with Gasteiger partial charge in [-0.2, -0.15) is 0 Å². The van der Waals surface area contributed by atoms with E-state index in [1.54, 1.807) is 6.07 Å². The normalized spacial score (nSPS) is 22.2. The first kappa shape index (κ1) is 18.8. The molecule has 5 rings (SSSR count). The Morgan fingerprint density at radius 3 is 2.33 bits per heavy atom. The van der Waals surface area contributed by atoms with Gasteiger partial charge in [-0.05, 0) is 52.8 Å². The van der Waals surface area contributed by atoms with E-state index in [1.807, 2.05) is 18.2 Å². The number of allylic oxidation sites excluding steroid dienone is 2. The van der Waals surface area contributed by atoms with Gasteiger partial charge in [-0.3, -0.25) is 0 Å². The van der Waals surface area contributed by atoms with Gasteiger partial charge >= 0.3 is 6.36 Å². The molecule has 1 N–H and O–H groups in total. The zero-order chi connectivity index (χ0) is 20.7. The van der Waals surface area contributed by atoms with Crippen LogP contribution in [-0.2, 0) is 0 Å². The molecule has 2 nitrogen and oxygen atoms in total. The van der Waals surface area contributed by atoms with Crippen LogP contribution in [0, 0.1) is 5.92 Å². The van der Waals surface area contributed by atoms with E-state index in [4.69, 9.17) is 0 Å². The van der Waals surface area contributed by atoms with Gasteiger partial charge in [0.15, 0.2) is 0 Å². The molecule has 0 aromatic heterocycles. The van der Waals surface area contributed by atoms with Crippen molar-refractivity contribution in [2.75, 3.05) is 5.32 Å². The number of hydrogen-bond donors (Lipinski definition) is 1. The fourth-order valence-corrected chi connectivity index (χ4v) is 4.61. The van der Waals surface area contributed by atoms with Crippen LogP contribution in [0.2, 0.25) is 0 Å².